The summed E-state index contributed by atoms with van der Waals surface area (Å²) in [6.07, 6.45) is 7.51. The van der Waals surface area contributed by atoms with Crippen LogP contribution in [0.25, 0.3) is 5.57 Å². The number of benzene rings is 1. The zero-order valence-corrected chi connectivity index (χ0v) is 15.9. The van der Waals surface area contributed by atoms with E-state index in [0.717, 1.165) is 43.5 Å². The summed E-state index contributed by atoms with van der Waals surface area (Å²) in [5, 5.41) is 7.47. The first-order valence-electron chi connectivity index (χ1n) is 8.85. The van der Waals surface area contributed by atoms with Gasteiger partial charge in [-0.3, -0.25) is 4.99 Å². The Labute approximate surface area is 160 Å². The molecule has 0 spiro atoms. The fourth-order valence-electron chi connectivity index (χ4n) is 3.09. The van der Waals surface area contributed by atoms with Gasteiger partial charge in [-0.1, -0.05) is 24.8 Å². The highest BCUT2D eigenvalue weighted by atomic mass is 32.1. The highest BCUT2D eigenvalue weighted by molar-refractivity contribution is 7.80. The summed E-state index contributed by atoms with van der Waals surface area (Å²) in [6, 6.07) is 8.33. The molecule has 0 amide bonds. The number of anilines is 1. The predicted molar refractivity (Wildman–Crippen MR) is 114 cm³/mol. The Hall–Kier alpha value is -2.60. The first-order chi connectivity index (χ1) is 12.7. The van der Waals surface area contributed by atoms with Gasteiger partial charge in [0.05, 0.1) is 0 Å². The number of hydrogen-bond acceptors (Lipinski definition) is 4. The van der Waals surface area contributed by atoms with Gasteiger partial charge in [-0.15, -0.1) is 0 Å². The third-order valence-electron chi connectivity index (χ3n) is 4.59. The summed E-state index contributed by atoms with van der Waals surface area (Å²) < 4.78 is 0. The molecule has 0 radical (unpaired) electrons. The van der Waals surface area contributed by atoms with Gasteiger partial charge in [-0.2, -0.15) is 0 Å². The van der Waals surface area contributed by atoms with Gasteiger partial charge in [0.15, 0.2) is 5.11 Å². The molecule has 2 aliphatic rings. The molecular formula is C20H25N5S. The average molecular weight is 368 g/mol. The van der Waals surface area contributed by atoms with E-state index in [0.29, 0.717) is 0 Å². The topological polar surface area (TPSA) is 42.9 Å². The Morgan fingerprint density at radius 2 is 1.96 bits per heavy atom. The first-order valence-corrected chi connectivity index (χ1v) is 9.26. The van der Waals surface area contributed by atoms with Crippen molar-refractivity contribution < 1.29 is 0 Å². The van der Waals surface area contributed by atoms with Crippen molar-refractivity contribution in [1.82, 2.24) is 15.1 Å². The lowest BCUT2D eigenvalue weighted by molar-refractivity contribution is 0.227. The van der Waals surface area contributed by atoms with Crippen LogP contribution in [0.2, 0.25) is 0 Å². The number of nitrogens with zero attached hydrogens (tertiary/aromatic N) is 3. The van der Waals surface area contributed by atoms with E-state index in [2.05, 4.69) is 50.2 Å². The first kappa shape index (κ1) is 18.2. The number of rotatable bonds is 4. The quantitative estimate of drug-likeness (QED) is 0.486. The van der Waals surface area contributed by atoms with E-state index in [9.17, 15) is 0 Å². The van der Waals surface area contributed by atoms with Crippen LogP contribution in [-0.2, 0) is 0 Å². The minimum absolute atomic E-state index is 0.776. The van der Waals surface area contributed by atoms with Crippen molar-refractivity contribution in [1.29, 1.82) is 0 Å². The van der Waals surface area contributed by atoms with Crippen LogP contribution in [0, 0.1) is 0 Å². The number of fused-ring (bicyclic) bond motifs is 1. The summed E-state index contributed by atoms with van der Waals surface area (Å²) in [4.78, 5) is 8.55. The van der Waals surface area contributed by atoms with Crippen molar-refractivity contribution in [2.24, 2.45) is 4.99 Å². The summed E-state index contributed by atoms with van der Waals surface area (Å²) in [7, 11) is 0. The zero-order chi connectivity index (χ0) is 18.4. The van der Waals surface area contributed by atoms with Gasteiger partial charge < -0.3 is 20.4 Å². The Morgan fingerprint density at radius 3 is 2.73 bits per heavy atom. The molecule has 26 heavy (non-hydrogen) atoms. The molecule has 3 rings (SSSR count). The van der Waals surface area contributed by atoms with E-state index in [-0.39, 0.29) is 0 Å². The smallest absolute Gasteiger partial charge is 0.173 e. The maximum atomic E-state index is 5.57. The fourth-order valence-corrected chi connectivity index (χ4v) is 3.33. The molecule has 2 aliphatic heterocycles. The standard InChI is InChI=1S/C20H25N5S/c1-3-21-9-8-16(2)24-10-12-25(13-11-24)20(26)23-15-17-14-22-19-7-5-4-6-18(17)19/h3-9,15,22H,2,10-14H2,1H3,(H,23,26)/b9-8-,17-15-,21-3-. The molecule has 1 aromatic rings. The molecule has 1 fully saturated rings. The van der Waals surface area contributed by atoms with Crippen LogP contribution in [0.3, 0.4) is 0 Å². The predicted octanol–water partition coefficient (Wildman–Crippen LogP) is 3.06. The second kappa shape index (κ2) is 8.67. The second-order valence-electron chi connectivity index (χ2n) is 6.21. The normalized spacial score (nSPS) is 18.4. The maximum absolute atomic E-state index is 5.57. The SMILES string of the molecule is C=C(/C=C\N=C/C)N1CCN(C(=S)N/C=C2/CNc3ccccc32)CC1. The molecule has 6 heteroatoms. The molecule has 1 saturated heterocycles. The summed E-state index contributed by atoms with van der Waals surface area (Å²) in [5.74, 6) is 0. The van der Waals surface area contributed by atoms with Crippen molar-refractivity contribution in [2.75, 3.05) is 38.0 Å². The second-order valence-corrected chi connectivity index (χ2v) is 6.59. The minimum atomic E-state index is 0.776. The summed E-state index contributed by atoms with van der Waals surface area (Å²) in [5.41, 5.74) is 4.64. The van der Waals surface area contributed by atoms with Crippen LogP contribution in [0.5, 0.6) is 0 Å². The molecule has 0 bridgehead atoms. The van der Waals surface area contributed by atoms with Crippen molar-refractivity contribution in [2.45, 2.75) is 6.92 Å². The lowest BCUT2D eigenvalue weighted by Crippen LogP contribution is -2.50. The van der Waals surface area contributed by atoms with Crippen molar-refractivity contribution in [3.63, 3.8) is 0 Å². The average Bonchev–Trinajstić information content (AvgIpc) is 3.09. The molecule has 0 aromatic heterocycles. The van der Waals surface area contributed by atoms with Gasteiger partial charge in [0.2, 0.25) is 0 Å². The van der Waals surface area contributed by atoms with Crippen LogP contribution in [-0.4, -0.2) is 53.9 Å². The van der Waals surface area contributed by atoms with Gasteiger partial charge in [-0.05, 0) is 36.9 Å². The van der Waals surface area contributed by atoms with E-state index in [4.69, 9.17) is 12.2 Å². The molecule has 5 nitrogen and oxygen atoms in total. The highest BCUT2D eigenvalue weighted by Gasteiger charge is 2.19. The van der Waals surface area contributed by atoms with Gasteiger partial charge in [0.1, 0.15) is 0 Å². The third kappa shape index (κ3) is 4.32. The molecular weight excluding hydrogens is 342 g/mol. The Morgan fingerprint density at radius 1 is 1.23 bits per heavy atom. The molecule has 0 unspecified atom stereocenters. The molecule has 0 aliphatic carbocycles. The van der Waals surface area contributed by atoms with Crippen LogP contribution >= 0.6 is 12.2 Å². The van der Waals surface area contributed by atoms with Crippen molar-refractivity contribution in [3.05, 3.63) is 60.6 Å². The number of allylic oxidation sites excluding steroid dienone is 1. The van der Waals surface area contributed by atoms with Gasteiger partial charge in [0, 0.05) is 68.3 Å². The number of aliphatic imine (C=N–C) groups is 1. The Balaban J connectivity index is 1.50. The van der Waals surface area contributed by atoms with Gasteiger partial charge in [-0.25, -0.2) is 0 Å². The summed E-state index contributed by atoms with van der Waals surface area (Å²) in [6.45, 7) is 10.4. The molecule has 1 aromatic carbocycles. The molecule has 136 valence electrons. The monoisotopic (exact) mass is 367 g/mol. The van der Waals surface area contributed by atoms with E-state index >= 15 is 0 Å². The molecule has 2 heterocycles. The number of hydrogen-bond donors (Lipinski definition) is 2. The van der Waals surface area contributed by atoms with E-state index in [1.807, 2.05) is 25.3 Å². The number of nitrogens with one attached hydrogen (secondary N) is 2. The lowest BCUT2D eigenvalue weighted by atomic mass is 10.1. The fraction of sp³-hybridized carbons (Fsp3) is 0.300. The maximum Gasteiger partial charge on any atom is 0.173 e. The largest absolute Gasteiger partial charge is 0.380 e. The van der Waals surface area contributed by atoms with Crippen LogP contribution in [0.4, 0.5) is 5.69 Å². The number of para-hydroxylation sites is 1. The molecule has 0 atom stereocenters. The van der Waals surface area contributed by atoms with E-state index < -0.39 is 0 Å². The number of piperazine rings is 1. The lowest BCUT2D eigenvalue weighted by Gasteiger charge is -2.37. The zero-order valence-electron chi connectivity index (χ0n) is 15.1. The Bertz CT molecular complexity index is 757. The van der Waals surface area contributed by atoms with Crippen molar-refractivity contribution in [3.8, 4) is 0 Å². The van der Waals surface area contributed by atoms with E-state index in [1.54, 1.807) is 12.4 Å². The molecule has 2 N–H and O–H groups in total. The summed E-state index contributed by atoms with van der Waals surface area (Å²) >= 11 is 5.57. The van der Waals surface area contributed by atoms with Gasteiger partial charge >= 0.3 is 0 Å². The molecule has 0 saturated carbocycles. The van der Waals surface area contributed by atoms with Gasteiger partial charge in [0.25, 0.3) is 0 Å². The van der Waals surface area contributed by atoms with Crippen LogP contribution in [0.15, 0.2) is 60.0 Å². The van der Waals surface area contributed by atoms with E-state index in [1.165, 1.54) is 16.8 Å². The highest BCUT2D eigenvalue weighted by Crippen LogP contribution is 2.29. The van der Waals surface area contributed by atoms with Crippen molar-refractivity contribution >= 4 is 34.8 Å². The third-order valence-corrected chi connectivity index (χ3v) is 4.96. The van der Waals surface area contributed by atoms with Crippen LogP contribution in [0.1, 0.15) is 12.5 Å². The minimum Gasteiger partial charge on any atom is -0.380 e. The number of thiocarbonyl (C=S) groups is 1. The Kier molecular flexibility index (Phi) is 6.07. The van der Waals surface area contributed by atoms with Crippen LogP contribution < -0.4 is 10.6 Å².